The number of ether oxygens (including phenoxy) is 1. The van der Waals surface area contributed by atoms with E-state index in [9.17, 15) is 4.79 Å². The lowest BCUT2D eigenvalue weighted by atomic mass is 10.0. The Balaban J connectivity index is 1.77. The number of carbonyl (C=O) groups is 1. The standard InChI is InChI=1S/C20H19BrN2O2S/c1-12(2)13-4-6-14(7-5-13)18-11-26-20(22-18)23-19(24)16-10-15(25-3)8-9-17(16)21/h4-12H,1-3H3,(H,22,23,24). The van der Waals surface area contributed by atoms with Crippen LogP contribution in [0.5, 0.6) is 5.75 Å². The lowest BCUT2D eigenvalue weighted by Crippen LogP contribution is -2.12. The summed E-state index contributed by atoms with van der Waals surface area (Å²) in [5, 5.41) is 5.36. The number of anilines is 1. The van der Waals surface area contributed by atoms with E-state index in [-0.39, 0.29) is 5.91 Å². The summed E-state index contributed by atoms with van der Waals surface area (Å²) < 4.78 is 5.89. The van der Waals surface area contributed by atoms with Gasteiger partial charge < -0.3 is 4.74 Å². The van der Waals surface area contributed by atoms with Crippen LogP contribution in [0.2, 0.25) is 0 Å². The Morgan fingerprint density at radius 1 is 1.19 bits per heavy atom. The Bertz CT molecular complexity index is 920. The highest BCUT2D eigenvalue weighted by molar-refractivity contribution is 9.10. The molecule has 0 aliphatic carbocycles. The maximum Gasteiger partial charge on any atom is 0.258 e. The zero-order valence-corrected chi connectivity index (χ0v) is 17.1. The molecule has 1 heterocycles. The van der Waals surface area contributed by atoms with E-state index in [0.717, 1.165) is 11.3 Å². The van der Waals surface area contributed by atoms with Crippen molar-refractivity contribution >= 4 is 38.3 Å². The summed E-state index contributed by atoms with van der Waals surface area (Å²) >= 11 is 4.80. The van der Waals surface area contributed by atoms with Crippen LogP contribution in [0.25, 0.3) is 11.3 Å². The van der Waals surface area contributed by atoms with Crippen molar-refractivity contribution in [2.24, 2.45) is 0 Å². The first kappa shape index (κ1) is 18.6. The average Bonchev–Trinajstić information content (AvgIpc) is 3.10. The number of benzene rings is 2. The van der Waals surface area contributed by atoms with Crippen molar-refractivity contribution in [1.82, 2.24) is 4.98 Å². The number of halogens is 1. The van der Waals surface area contributed by atoms with Gasteiger partial charge in [0.25, 0.3) is 5.91 Å². The second-order valence-electron chi connectivity index (χ2n) is 6.11. The van der Waals surface area contributed by atoms with Gasteiger partial charge in [-0.2, -0.15) is 0 Å². The van der Waals surface area contributed by atoms with Crippen molar-refractivity contribution in [3.05, 3.63) is 63.4 Å². The normalized spacial score (nSPS) is 10.8. The lowest BCUT2D eigenvalue weighted by Gasteiger charge is -2.07. The van der Waals surface area contributed by atoms with E-state index in [1.54, 1.807) is 25.3 Å². The Hall–Kier alpha value is -2.18. The molecular formula is C20H19BrN2O2S. The molecule has 1 aromatic heterocycles. The van der Waals surface area contributed by atoms with Gasteiger partial charge in [0.2, 0.25) is 0 Å². The van der Waals surface area contributed by atoms with E-state index in [2.05, 4.69) is 64.3 Å². The van der Waals surface area contributed by atoms with Gasteiger partial charge in [0.1, 0.15) is 5.75 Å². The highest BCUT2D eigenvalue weighted by atomic mass is 79.9. The quantitative estimate of drug-likeness (QED) is 0.543. The summed E-state index contributed by atoms with van der Waals surface area (Å²) in [6.07, 6.45) is 0. The number of methoxy groups -OCH3 is 1. The third-order valence-corrected chi connectivity index (χ3v) is 5.47. The maximum absolute atomic E-state index is 12.5. The minimum Gasteiger partial charge on any atom is -0.497 e. The maximum atomic E-state index is 12.5. The molecule has 3 rings (SSSR count). The summed E-state index contributed by atoms with van der Waals surface area (Å²) in [4.78, 5) is 17.1. The Morgan fingerprint density at radius 3 is 2.58 bits per heavy atom. The van der Waals surface area contributed by atoms with Crippen LogP contribution < -0.4 is 10.1 Å². The zero-order valence-electron chi connectivity index (χ0n) is 14.7. The molecule has 0 saturated carbocycles. The second-order valence-corrected chi connectivity index (χ2v) is 7.83. The monoisotopic (exact) mass is 430 g/mol. The van der Waals surface area contributed by atoms with E-state index in [1.165, 1.54) is 16.9 Å². The molecule has 6 heteroatoms. The van der Waals surface area contributed by atoms with Gasteiger partial charge in [0.15, 0.2) is 5.13 Å². The molecule has 3 aromatic rings. The molecule has 0 aliphatic heterocycles. The van der Waals surface area contributed by atoms with Gasteiger partial charge in [-0.05, 0) is 45.6 Å². The van der Waals surface area contributed by atoms with Crippen molar-refractivity contribution < 1.29 is 9.53 Å². The Morgan fingerprint density at radius 2 is 1.92 bits per heavy atom. The van der Waals surface area contributed by atoms with Gasteiger partial charge in [-0.25, -0.2) is 4.98 Å². The van der Waals surface area contributed by atoms with Crippen LogP contribution in [0.1, 0.15) is 35.7 Å². The number of amides is 1. The summed E-state index contributed by atoms with van der Waals surface area (Å²) in [7, 11) is 1.57. The largest absolute Gasteiger partial charge is 0.497 e. The molecule has 0 bridgehead atoms. The molecule has 0 unspecified atom stereocenters. The van der Waals surface area contributed by atoms with Crippen molar-refractivity contribution in [2.75, 3.05) is 12.4 Å². The fourth-order valence-corrected chi connectivity index (χ4v) is 3.61. The molecule has 2 aromatic carbocycles. The first-order valence-electron chi connectivity index (χ1n) is 8.18. The van der Waals surface area contributed by atoms with Gasteiger partial charge in [0.05, 0.1) is 18.4 Å². The minimum absolute atomic E-state index is 0.230. The van der Waals surface area contributed by atoms with E-state index in [0.29, 0.717) is 26.8 Å². The van der Waals surface area contributed by atoms with Gasteiger partial charge in [-0.15, -0.1) is 11.3 Å². The van der Waals surface area contributed by atoms with E-state index in [1.807, 2.05) is 5.38 Å². The van der Waals surface area contributed by atoms with Crippen LogP contribution in [-0.4, -0.2) is 18.0 Å². The van der Waals surface area contributed by atoms with E-state index < -0.39 is 0 Å². The molecule has 134 valence electrons. The number of nitrogens with one attached hydrogen (secondary N) is 1. The van der Waals surface area contributed by atoms with Crippen molar-refractivity contribution in [2.45, 2.75) is 19.8 Å². The predicted octanol–water partition coefficient (Wildman–Crippen LogP) is 5.96. The third kappa shape index (κ3) is 4.14. The van der Waals surface area contributed by atoms with E-state index >= 15 is 0 Å². The number of hydrogen-bond acceptors (Lipinski definition) is 4. The summed E-state index contributed by atoms with van der Waals surface area (Å²) in [6.45, 7) is 4.34. The summed E-state index contributed by atoms with van der Waals surface area (Å²) in [6, 6.07) is 13.6. The highest BCUT2D eigenvalue weighted by Gasteiger charge is 2.14. The summed E-state index contributed by atoms with van der Waals surface area (Å²) in [5.41, 5.74) is 3.68. The van der Waals surface area contributed by atoms with Crippen LogP contribution in [0, 0.1) is 0 Å². The molecule has 1 amide bonds. The smallest absolute Gasteiger partial charge is 0.258 e. The number of carbonyl (C=O) groups excluding carboxylic acids is 1. The number of rotatable bonds is 5. The molecule has 4 nitrogen and oxygen atoms in total. The molecule has 0 fully saturated rings. The average molecular weight is 431 g/mol. The molecular weight excluding hydrogens is 412 g/mol. The number of thiazole rings is 1. The fourth-order valence-electron chi connectivity index (χ4n) is 2.47. The predicted molar refractivity (Wildman–Crippen MR) is 110 cm³/mol. The fraction of sp³-hybridized carbons (Fsp3) is 0.200. The van der Waals surface area contributed by atoms with Crippen LogP contribution in [0.3, 0.4) is 0 Å². The molecule has 0 saturated heterocycles. The number of nitrogens with zero attached hydrogens (tertiary/aromatic N) is 1. The van der Waals surface area contributed by atoms with Gasteiger partial charge in [-0.1, -0.05) is 38.1 Å². The van der Waals surface area contributed by atoms with Crippen LogP contribution in [-0.2, 0) is 0 Å². The molecule has 1 N–H and O–H groups in total. The van der Waals surface area contributed by atoms with Gasteiger partial charge >= 0.3 is 0 Å². The van der Waals surface area contributed by atoms with Gasteiger partial charge in [0, 0.05) is 15.4 Å². The zero-order chi connectivity index (χ0) is 18.7. The van der Waals surface area contributed by atoms with Crippen molar-refractivity contribution in [1.29, 1.82) is 0 Å². The molecule has 26 heavy (non-hydrogen) atoms. The second kappa shape index (κ2) is 8.01. The third-order valence-electron chi connectivity index (χ3n) is 4.02. The topological polar surface area (TPSA) is 51.2 Å². The van der Waals surface area contributed by atoms with Crippen LogP contribution >= 0.6 is 27.3 Å². The first-order valence-corrected chi connectivity index (χ1v) is 9.86. The minimum atomic E-state index is -0.230. The van der Waals surface area contributed by atoms with Crippen molar-refractivity contribution in [3.63, 3.8) is 0 Å². The molecule has 0 spiro atoms. The van der Waals surface area contributed by atoms with E-state index in [4.69, 9.17) is 4.74 Å². The van der Waals surface area contributed by atoms with Crippen LogP contribution in [0.15, 0.2) is 52.3 Å². The molecule has 0 aliphatic rings. The lowest BCUT2D eigenvalue weighted by molar-refractivity contribution is 0.102. The Kier molecular flexibility index (Phi) is 5.74. The molecule has 0 radical (unpaired) electrons. The number of aromatic nitrogens is 1. The SMILES string of the molecule is COc1ccc(Br)c(C(=O)Nc2nc(-c3ccc(C(C)C)cc3)cs2)c1. The van der Waals surface area contributed by atoms with Gasteiger partial charge in [-0.3, -0.25) is 10.1 Å². The van der Waals surface area contributed by atoms with Crippen LogP contribution in [0.4, 0.5) is 5.13 Å². The number of hydrogen-bond donors (Lipinski definition) is 1. The molecule has 0 atom stereocenters. The Labute approximate surface area is 165 Å². The highest BCUT2D eigenvalue weighted by Crippen LogP contribution is 2.28. The van der Waals surface area contributed by atoms with Crippen molar-refractivity contribution in [3.8, 4) is 17.0 Å². The first-order chi connectivity index (χ1) is 12.5. The summed E-state index contributed by atoms with van der Waals surface area (Å²) in [5.74, 6) is 0.894.